The van der Waals surface area contributed by atoms with E-state index in [0.717, 1.165) is 42.7 Å². The van der Waals surface area contributed by atoms with Crippen LogP contribution in [0.4, 0.5) is 5.69 Å². The van der Waals surface area contributed by atoms with E-state index in [1.807, 2.05) is 72.8 Å². The minimum absolute atomic E-state index is 0.155. The lowest BCUT2D eigenvalue weighted by atomic mass is 9.82. The van der Waals surface area contributed by atoms with Gasteiger partial charge in [-0.2, -0.15) is 0 Å². The molecule has 35 heavy (non-hydrogen) atoms. The zero-order chi connectivity index (χ0) is 24.3. The summed E-state index contributed by atoms with van der Waals surface area (Å²) in [4.78, 5) is 26.5. The summed E-state index contributed by atoms with van der Waals surface area (Å²) in [5.74, 6) is 0.206. The van der Waals surface area contributed by atoms with Gasteiger partial charge in [-0.15, -0.1) is 0 Å². The van der Waals surface area contributed by atoms with Crippen LogP contribution in [0.15, 0.2) is 84.9 Å². The number of esters is 1. The number of Topliss-reactive ketones (excluding diaryl/α,β-unsaturated/α-hetero) is 1. The predicted octanol–water partition coefficient (Wildman–Crippen LogP) is 5.53. The van der Waals surface area contributed by atoms with Crippen molar-refractivity contribution in [3.63, 3.8) is 0 Å². The minimum atomic E-state index is -0.632. The van der Waals surface area contributed by atoms with E-state index >= 15 is 0 Å². The standard InChI is InChI=1S/C29H30ClN2O3/c30-24-11-13-25(14-12-24)31-28(23-9-5-2-6-10-23)29(34)35-27-20-32(17-15-22(27)16-18-32)19-26(33)21-7-3-1-4-8-21/h1-14,22,27-28,31H,15-20H2/q+1/t22?,27-,28?,32?/m0/s1. The number of ketones is 1. The lowest BCUT2D eigenvalue weighted by molar-refractivity contribution is -0.938. The van der Waals surface area contributed by atoms with Gasteiger partial charge in [0.2, 0.25) is 5.78 Å². The number of quaternary nitrogens is 1. The van der Waals surface area contributed by atoms with Crippen molar-refractivity contribution in [1.29, 1.82) is 0 Å². The van der Waals surface area contributed by atoms with E-state index in [0.29, 0.717) is 28.5 Å². The highest BCUT2D eigenvalue weighted by atomic mass is 35.5. The molecule has 2 bridgehead atoms. The molecule has 0 aromatic heterocycles. The second-order valence-electron chi connectivity index (χ2n) is 9.73. The van der Waals surface area contributed by atoms with Crippen LogP contribution in [0, 0.1) is 5.92 Å². The Morgan fingerprint density at radius 1 is 0.914 bits per heavy atom. The normalized spacial score (nSPS) is 23.9. The van der Waals surface area contributed by atoms with Crippen molar-refractivity contribution in [3.05, 3.63) is 101 Å². The minimum Gasteiger partial charge on any atom is -0.454 e. The summed E-state index contributed by atoms with van der Waals surface area (Å²) in [6.45, 7) is 3.07. The number of carbonyl (C=O) groups is 2. The molecule has 0 radical (unpaired) electrons. The monoisotopic (exact) mass is 489 g/mol. The van der Waals surface area contributed by atoms with Crippen LogP contribution in [0.1, 0.15) is 34.8 Å². The lowest BCUT2D eigenvalue weighted by Gasteiger charge is -2.51. The number of hydrogen-bond donors (Lipinski definition) is 1. The first-order chi connectivity index (χ1) is 17.0. The van der Waals surface area contributed by atoms with Crippen LogP contribution < -0.4 is 5.32 Å². The molecule has 3 aromatic rings. The van der Waals surface area contributed by atoms with E-state index in [9.17, 15) is 9.59 Å². The molecule has 6 heteroatoms. The Morgan fingerprint density at radius 3 is 2.20 bits per heavy atom. The van der Waals surface area contributed by atoms with E-state index in [2.05, 4.69) is 5.32 Å². The Balaban J connectivity index is 1.31. The topological polar surface area (TPSA) is 55.4 Å². The number of ether oxygens (including phenoxy) is 1. The smallest absolute Gasteiger partial charge is 0.333 e. The van der Waals surface area contributed by atoms with Crippen LogP contribution in [0.2, 0.25) is 5.02 Å². The van der Waals surface area contributed by atoms with E-state index < -0.39 is 6.04 Å². The second-order valence-corrected chi connectivity index (χ2v) is 10.2. The number of rotatable bonds is 8. The molecule has 3 heterocycles. The van der Waals surface area contributed by atoms with Gasteiger partial charge in [0.1, 0.15) is 13.1 Å². The predicted molar refractivity (Wildman–Crippen MR) is 137 cm³/mol. The van der Waals surface area contributed by atoms with E-state index in [1.54, 1.807) is 12.1 Å². The van der Waals surface area contributed by atoms with Crippen LogP contribution in [0.25, 0.3) is 0 Å². The molecule has 1 unspecified atom stereocenters. The van der Waals surface area contributed by atoms with Crippen molar-refractivity contribution in [2.45, 2.75) is 25.0 Å². The van der Waals surface area contributed by atoms with Crippen LogP contribution in [-0.4, -0.2) is 48.5 Å². The fourth-order valence-corrected chi connectivity index (χ4v) is 5.58. The van der Waals surface area contributed by atoms with Crippen LogP contribution in [-0.2, 0) is 9.53 Å². The van der Waals surface area contributed by atoms with Crippen LogP contribution >= 0.6 is 11.6 Å². The van der Waals surface area contributed by atoms with Crippen molar-refractivity contribution in [1.82, 2.24) is 0 Å². The number of piperidine rings is 3. The first-order valence-corrected chi connectivity index (χ1v) is 12.6. The van der Waals surface area contributed by atoms with Crippen LogP contribution in [0.5, 0.6) is 0 Å². The summed E-state index contributed by atoms with van der Waals surface area (Å²) in [6.07, 6.45) is 1.76. The molecule has 5 nitrogen and oxygen atoms in total. The van der Waals surface area contributed by atoms with Crippen molar-refractivity contribution < 1.29 is 18.8 Å². The third-order valence-electron chi connectivity index (χ3n) is 7.41. The molecule has 0 saturated carbocycles. The first kappa shape index (κ1) is 23.6. The summed E-state index contributed by atoms with van der Waals surface area (Å²) in [5, 5.41) is 3.97. The zero-order valence-corrected chi connectivity index (χ0v) is 20.4. The van der Waals surface area contributed by atoms with Crippen LogP contribution in [0.3, 0.4) is 0 Å². The number of halogens is 1. The number of fused-ring (bicyclic) bond motifs is 3. The molecule has 3 saturated heterocycles. The maximum atomic E-state index is 13.5. The molecule has 6 rings (SSSR count). The van der Waals surface area contributed by atoms with E-state index in [-0.39, 0.29) is 17.9 Å². The molecule has 1 N–H and O–H groups in total. The number of benzene rings is 3. The van der Waals surface area contributed by atoms with Gasteiger partial charge in [-0.3, -0.25) is 4.79 Å². The third-order valence-corrected chi connectivity index (χ3v) is 7.66. The number of nitrogens with one attached hydrogen (secondary N) is 1. The lowest BCUT2D eigenvalue weighted by Crippen LogP contribution is -2.65. The molecule has 0 aliphatic carbocycles. The summed E-state index contributed by atoms with van der Waals surface area (Å²) >= 11 is 6.04. The largest absolute Gasteiger partial charge is 0.454 e. The molecule has 3 fully saturated rings. The van der Waals surface area contributed by atoms with Gasteiger partial charge in [-0.1, -0.05) is 72.3 Å². The Kier molecular flexibility index (Phi) is 6.89. The van der Waals surface area contributed by atoms with Gasteiger partial charge >= 0.3 is 5.97 Å². The van der Waals surface area contributed by atoms with Gasteiger partial charge < -0.3 is 14.5 Å². The molecule has 180 valence electrons. The third kappa shape index (κ3) is 5.42. The average molecular weight is 490 g/mol. The Bertz CT molecular complexity index is 1160. The maximum absolute atomic E-state index is 13.5. The molecule has 3 aliphatic heterocycles. The summed E-state index contributed by atoms with van der Waals surface area (Å²) < 4.78 is 6.89. The summed E-state index contributed by atoms with van der Waals surface area (Å²) in [7, 11) is 0. The van der Waals surface area contributed by atoms with Crippen molar-refractivity contribution in [3.8, 4) is 0 Å². The fourth-order valence-electron chi connectivity index (χ4n) is 5.45. The molecular weight excluding hydrogens is 460 g/mol. The number of anilines is 1. The van der Waals surface area contributed by atoms with Crippen molar-refractivity contribution in [2.24, 2.45) is 5.92 Å². The average Bonchev–Trinajstić information content (AvgIpc) is 2.89. The number of nitrogens with zero attached hydrogens (tertiary/aromatic N) is 1. The highest BCUT2D eigenvalue weighted by Crippen LogP contribution is 2.36. The molecule has 3 aromatic carbocycles. The second kappa shape index (κ2) is 10.2. The molecule has 0 amide bonds. The molecule has 0 spiro atoms. The summed E-state index contributed by atoms with van der Waals surface area (Å²) in [6, 6.07) is 25.8. The Morgan fingerprint density at radius 2 is 1.54 bits per heavy atom. The maximum Gasteiger partial charge on any atom is 0.333 e. The van der Waals surface area contributed by atoms with Crippen molar-refractivity contribution in [2.75, 3.05) is 31.5 Å². The number of carbonyl (C=O) groups excluding carboxylic acids is 2. The zero-order valence-electron chi connectivity index (χ0n) is 19.6. The van der Waals surface area contributed by atoms with Crippen molar-refractivity contribution >= 4 is 29.0 Å². The highest BCUT2D eigenvalue weighted by molar-refractivity contribution is 6.30. The van der Waals surface area contributed by atoms with Gasteiger partial charge in [0.25, 0.3) is 0 Å². The Hall–Kier alpha value is -3.15. The van der Waals surface area contributed by atoms with Gasteiger partial charge in [-0.25, -0.2) is 4.79 Å². The summed E-state index contributed by atoms with van der Waals surface area (Å²) in [5.41, 5.74) is 2.39. The number of hydrogen-bond acceptors (Lipinski definition) is 4. The quantitative estimate of drug-likeness (QED) is 0.257. The van der Waals surface area contributed by atoms with Gasteiger partial charge in [0, 0.05) is 35.0 Å². The molecule has 2 atom stereocenters. The van der Waals surface area contributed by atoms with Gasteiger partial charge in [0.15, 0.2) is 12.1 Å². The van der Waals surface area contributed by atoms with E-state index in [4.69, 9.17) is 16.3 Å². The molecular formula is C29H30ClN2O3+. The SMILES string of the molecule is O=C(C[N+]12CCC(CC1)[C@@H](OC(=O)C(Nc1ccc(Cl)cc1)c1ccccc1)C2)c1ccccc1. The fraction of sp³-hybridized carbons (Fsp3) is 0.310. The van der Waals surface area contributed by atoms with Gasteiger partial charge in [0.05, 0.1) is 13.1 Å². The van der Waals surface area contributed by atoms with Gasteiger partial charge in [-0.05, 0) is 29.8 Å². The first-order valence-electron chi connectivity index (χ1n) is 12.2. The Labute approximate surface area is 211 Å². The molecule has 3 aliphatic rings. The van der Waals surface area contributed by atoms with E-state index in [1.165, 1.54) is 0 Å². The highest BCUT2D eigenvalue weighted by Gasteiger charge is 2.49.